The number of aryl methyl sites for hydroxylation is 1. The fourth-order valence-corrected chi connectivity index (χ4v) is 5.15. The van der Waals surface area contributed by atoms with Crippen LogP contribution in [0.5, 0.6) is 11.5 Å². The normalized spacial score (nSPS) is 10.1. The zero-order valence-electron chi connectivity index (χ0n) is 21.2. The Morgan fingerprint density at radius 2 is 1.56 bits per heavy atom. The minimum Gasteiger partial charge on any atom is -0.494 e. The van der Waals surface area contributed by atoms with Gasteiger partial charge in [0, 0.05) is 5.02 Å². The predicted octanol–water partition coefficient (Wildman–Crippen LogP) is 6.61. The number of aliphatic carboxylic acids is 2. The second-order valence-corrected chi connectivity index (χ2v) is 10.4. The van der Waals surface area contributed by atoms with Gasteiger partial charge in [-0.25, -0.2) is 9.59 Å². The molecule has 4 rings (SSSR count). The Kier molecular flexibility index (Phi) is 12.8. The summed E-state index contributed by atoms with van der Waals surface area (Å²) in [6, 6.07) is 13.0. The van der Waals surface area contributed by atoms with Crippen LogP contribution in [0.1, 0.15) is 15.9 Å². The van der Waals surface area contributed by atoms with E-state index in [1.807, 2.05) is 6.92 Å². The molecule has 0 fully saturated rings. The maximum atomic E-state index is 11.5. The molecule has 0 aliphatic heterocycles. The first-order valence-corrected chi connectivity index (χ1v) is 13.4. The van der Waals surface area contributed by atoms with Crippen molar-refractivity contribution in [1.29, 1.82) is 0 Å². The Labute approximate surface area is 256 Å². The number of halogens is 4. The van der Waals surface area contributed by atoms with Gasteiger partial charge in [-0.2, -0.15) is 0 Å². The van der Waals surface area contributed by atoms with E-state index in [2.05, 4.69) is 0 Å². The molecule has 0 saturated carbocycles. The predicted molar refractivity (Wildman–Crippen MR) is 158 cm³/mol. The number of aromatic carboxylic acids is 1. The van der Waals surface area contributed by atoms with Crippen LogP contribution in [0, 0.1) is 6.92 Å². The van der Waals surface area contributed by atoms with Crippen molar-refractivity contribution in [2.45, 2.75) is 13.5 Å². The fraction of sp³-hybridized carbons (Fsp3) is 0.154. The highest BCUT2D eigenvalue weighted by Crippen LogP contribution is 2.33. The first-order valence-electron chi connectivity index (χ1n) is 11.1. The summed E-state index contributed by atoms with van der Waals surface area (Å²) in [6.07, 6.45) is 0. The lowest BCUT2D eigenvalue weighted by Gasteiger charge is -2.07. The van der Waals surface area contributed by atoms with Gasteiger partial charge in [-0.1, -0.05) is 63.8 Å². The largest absolute Gasteiger partial charge is 0.494 e. The van der Waals surface area contributed by atoms with Crippen LogP contribution in [-0.2, 0) is 16.1 Å². The summed E-state index contributed by atoms with van der Waals surface area (Å²) in [7, 11) is 1.34. The van der Waals surface area contributed by atoms with Crippen LogP contribution in [0.4, 0.5) is 0 Å². The van der Waals surface area contributed by atoms with E-state index >= 15 is 0 Å². The number of nitrogens with zero attached hydrogens (tertiary/aromatic N) is 1. The summed E-state index contributed by atoms with van der Waals surface area (Å²) >= 11 is 24.0. The third-order valence-corrected chi connectivity index (χ3v) is 6.99. The number of carboxylic acid groups (broad SMARTS) is 3. The fourth-order valence-electron chi connectivity index (χ4n) is 3.21. The molecule has 0 atom stereocenters. The molecule has 0 radical (unpaired) electrons. The molecular weight excluding hydrogens is 644 g/mol. The van der Waals surface area contributed by atoms with Crippen molar-refractivity contribution in [2.24, 2.45) is 0 Å². The number of carboxylic acids is 3. The van der Waals surface area contributed by atoms with Gasteiger partial charge < -0.3 is 24.8 Å². The van der Waals surface area contributed by atoms with Gasteiger partial charge in [0.15, 0.2) is 12.4 Å². The van der Waals surface area contributed by atoms with Gasteiger partial charge in [0.1, 0.15) is 17.9 Å². The van der Waals surface area contributed by atoms with Crippen LogP contribution >= 0.6 is 57.7 Å². The Hall–Kier alpha value is -3.48. The third-order valence-electron chi connectivity index (χ3n) is 4.90. The number of benzene rings is 3. The highest BCUT2D eigenvalue weighted by atomic mass is 35.5. The smallest absolute Gasteiger partial charge is 0.341 e. The maximum Gasteiger partial charge on any atom is 0.341 e. The number of carbonyl (C=O) groups is 3. The van der Waals surface area contributed by atoms with E-state index in [4.69, 9.17) is 71.2 Å². The van der Waals surface area contributed by atoms with E-state index in [1.54, 1.807) is 36.4 Å². The quantitative estimate of drug-likeness (QED) is 0.198. The average molecular weight is 665 g/mol. The molecule has 0 spiro atoms. The minimum absolute atomic E-state index is 0.0849. The molecule has 0 amide bonds. The van der Waals surface area contributed by atoms with E-state index in [0.29, 0.717) is 26.0 Å². The van der Waals surface area contributed by atoms with Crippen molar-refractivity contribution in [2.75, 3.05) is 13.7 Å². The van der Waals surface area contributed by atoms with Crippen LogP contribution in [0.3, 0.4) is 0 Å². The van der Waals surface area contributed by atoms with Gasteiger partial charge >= 0.3 is 22.8 Å². The zero-order chi connectivity index (χ0) is 30.9. The highest BCUT2D eigenvalue weighted by molar-refractivity contribution is 7.16. The minimum atomic E-state index is -1.16. The number of rotatable bonds is 7. The van der Waals surface area contributed by atoms with Crippen molar-refractivity contribution in [1.82, 2.24) is 4.57 Å². The summed E-state index contributed by atoms with van der Waals surface area (Å²) in [5.41, 5.74) is 1.21. The number of hydrogen-bond donors (Lipinski definition) is 3. The van der Waals surface area contributed by atoms with Crippen molar-refractivity contribution in [3.63, 3.8) is 0 Å². The van der Waals surface area contributed by atoms with E-state index in [-0.39, 0.29) is 39.4 Å². The van der Waals surface area contributed by atoms with E-state index in [1.165, 1.54) is 23.8 Å². The molecule has 1 heterocycles. The van der Waals surface area contributed by atoms with Crippen LogP contribution in [0.25, 0.3) is 10.2 Å². The Bertz CT molecular complexity index is 1640. The van der Waals surface area contributed by atoms with Gasteiger partial charge in [-0.3, -0.25) is 14.2 Å². The van der Waals surface area contributed by atoms with Gasteiger partial charge in [0.2, 0.25) is 0 Å². The average Bonchev–Trinajstić information content (AvgIpc) is 3.20. The topological polar surface area (TPSA) is 152 Å². The molecule has 218 valence electrons. The molecule has 15 heteroatoms. The molecule has 4 aromatic rings. The van der Waals surface area contributed by atoms with E-state index in [9.17, 15) is 19.2 Å². The van der Waals surface area contributed by atoms with Crippen LogP contribution in [-0.4, -0.2) is 51.5 Å². The molecule has 41 heavy (non-hydrogen) atoms. The second kappa shape index (κ2) is 15.5. The van der Waals surface area contributed by atoms with E-state index in [0.717, 1.165) is 16.9 Å². The number of methoxy groups -OCH3 is 1. The Balaban J connectivity index is 0.000000216. The molecule has 0 aliphatic rings. The molecule has 0 saturated heterocycles. The van der Waals surface area contributed by atoms with Crippen molar-refractivity contribution >= 4 is 85.9 Å². The first kappa shape index (κ1) is 33.7. The first-order chi connectivity index (χ1) is 19.3. The van der Waals surface area contributed by atoms with Gasteiger partial charge in [0.25, 0.3) is 0 Å². The van der Waals surface area contributed by atoms with Gasteiger partial charge in [-0.15, -0.1) is 0 Å². The molecular formula is C26H21Cl4NO9S. The zero-order valence-corrected chi connectivity index (χ0v) is 25.0. The van der Waals surface area contributed by atoms with Crippen molar-refractivity contribution in [3.8, 4) is 11.5 Å². The van der Waals surface area contributed by atoms with Crippen molar-refractivity contribution < 1.29 is 39.2 Å². The molecule has 10 nitrogen and oxygen atoms in total. The Morgan fingerprint density at radius 1 is 0.902 bits per heavy atom. The molecule has 0 bridgehead atoms. The van der Waals surface area contributed by atoms with Gasteiger partial charge in [0.05, 0.1) is 32.4 Å². The summed E-state index contributed by atoms with van der Waals surface area (Å²) in [6.45, 7) is 1.12. The number of ether oxygens (including phenoxy) is 2. The number of thiazole rings is 1. The standard InChI is InChI=1S/C9H6ClNO3S.C9H9ClO3.C8H6Cl2O3/c10-5-2-1-3-6-8(5)11(4-7(12)13)9(14)15-6;1-6-4-7(10)2-3-8(6)13-5-9(11)12;1-13-7-5(10)3-2-4(9)6(7)8(11)12/h1-3H,4H2,(H,12,13);2-4H,5H2,1H3,(H,11,12);2-3H,1H3,(H,11,12). The van der Waals surface area contributed by atoms with E-state index < -0.39 is 17.9 Å². The second-order valence-electron chi connectivity index (χ2n) is 7.77. The number of fused-ring (bicyclic) bond motifs is 1. The van der Waals surface area contributed by atoms with Crippen molar-refractivity contribution in [3.05, 3.63) is 89.4 Å². The highest BCUT2D eigenvalue weighted by Gasteiger charge is 2.18. The SMILES string of the molecule is COc1c(Cl)ccc(Cl)c1C(=O)O.Cc1cc(Cl)ccc1OCC(=O)O.O=C(O)Cn1c(=O)sc2cccc(Cl)c21. The van der Waals surface area contributed by atoms with Crippen LogP contribution in [0.15, 0.2) is 53.3 Å². The summed E-state index contributed by atoms with van der Waals surface area (Å²) < 4.78 is 11.7. The number of hydrogen-bond acceptors (Lipinski definition) is 7. The molecule has 3 N–H and O–H groups in total. The third kappa shape index (κ3) is 9.55. The Morgan fingerprint density at radius 3 is 2.10 bits per heavy atom. The lowest BCUT2D eigenvalue weighted by Crippen LogP contribution is -2.18. The maximum absolute atomic E-state index is 11.5. The van der Waals surface area contributed by atoms with Crippen LogP contribution in [0.2, 0.25) is 20.1 Å². The molecule has 0 unspecified atom stereocenters. The number of aromatic nitrogens is 1. The molecule has 3 aromatic carbocycles. The van der Waals surface area contributed by atoms with Crippen LogP contribution < -0.4 is 14.3 Å². The molecule has 0 aliphatic carbocycles. The number of para-hydroxylation sites is 1. The molecule has 1 aromatic heterocycles. The lowest BCUT2D eigenvalue weighted by molar-refractivity contribution is -0.139. The monoisotopic (exact) mass is 663 g/mol. The lowest BCUT2D eigenvalue weighted by atomic mass is 10.2. The summed E-state index contributed by atoms with van der Waals surface area (Å²) in [4.78, 5) is 42.7. The summed E-state index contributed by atoms with van der Waals surface area (Å²) in [5, 5.41) is 27.1. The summed E-state index contributed by atoms with van der Waals surface area (Å²) in [5.74, 6) is -2.58. The van der Waals surface area contributed by atoms with Gasteiger partial charge in [-0.05, 0) is 55.0 Å².